The Labute approximate surface area is 139 Å². The molecule has 0 spiro atoms. The second-order valence-corrected chi connectivity index (χ2v) is 6.39. The van der Waals surface area contributed by atoms with Crippen molar-refractivity contribution < 1.29 is 4.92 Å². The quantitative estimate of drug-likeness (QED) is 0.633. The number of halogens is 1. The van der Waals surface area contributed by atoms with E-state index in [4.69, 9.17) is 11.6 Å². The van der Waals surface area contributed by atoms with E-state index in [1.807, 2.05) is 6.92 Å². The Morgan fingerprint density at radius 2 is 2.09 bits per heavy atom. The molecule has 7 nitrogen and oxygen atoms in total. The molecule has 0 fully saturated rings. The third-order valence-corrected chi connectivity index (χ3v) is 4.48. The summed E-state index contributed by atoms with van der Waals surface area (Å²) in [4.78, 5) is 12.5. The molecule has 3 rings (SSSR count). The van der Waals surface area contributed by atoms with Crippen LogP contribution in [-0.2, 0) is 6.54 Å². The van der Waals surface area contributed by atoms with Crippen LogP contribution in [0.25, 0.3) is 0 Å². The zero-order valence-corrected chi connectivity index (χ0v) is 14.0. The normalized spacial score (nSPS) is 17.4. The molecule has 0 saturated carbocycles. The van der Waals surface area contributed by atoms with E-state index in [2.05, 4.69) is 33.5 Å². The molecule has 1 aliphatic rings. The van der Waals surface area contributed by atoms with E-state index in [1.165, 1.54) is 12.1 Å². The number of fused-ring (bicyclic) bond motifs is 1. The van der Waals surface area contributed by atoms with Crippen LogP contribution in [0.5, 0.6) is 0 Å². The van der Waals surface area contributed by atoms with Crippen molar-refractivity contribution >= 4 is 23.0 Å². The van der Waals surface area contributed by atoms with Crippen LogP contribution in [0.15, 0.2) is 18.2 Å². The number of benzene rings is 1. The van der Waals surface area contributed by atoms with Gasteiger partial charge in [0.25, 0.3) is 5.69 Å². The van der Waals surface area contributed by atoms with Crippen molar-refractivity contribution in [3.8, 4) is 0 Å². The van der Waals surface area contributed by atoms with Crippen LogP contribution in [0, 0.1) is 10.1 Å². The van der Waals surface area contributed by atoms with Gasteiger partial charge >= 0.3 is 0 Å². The number of nitrogens with zero attached hydrogens (tertiary/aromatic N) is 5. The lowest BCUT2D eigenvalue weighted by Crippen LogP contribution is -2.37. The predicted octanol–water partition coefficient (Wildman–Crippen LogP) is 3.54. The molecule has 122 valence electrons. The lowest BCUT2D eigenvalue weighted by atomic mass is 10.1. The van der Waals surface area contributed by atoms with Gasteiger partial charge in [0.05, 0.1) is 21.7 Å². The van der Waals surface area contributed by atoms with Gasteiger partial charge in [-0.25, -0.2) is 0 Å². The van der Waals surface area contributed by atoms with Crippen molar-refractivity contribution in [2.45, 2.75) is 39.3 Å². The van der Waals surface area contributed by atoms with Crippen molar-refractivity contribution in [2.75, 3.05) is 11.4 Å². The van der Waals surface area contributed by atoms with Gasteiger partial charge in [-0.15, -0.1) is 10.2 Å². The largest absolute Gasteiger partial charge is 0.359 e. The lowest BCUT2D eigenvalue weighted by molar-refractivity contribution is -0.384. The zero-order chi connectivity index (χ0) is 16.7. The average molecular weight is 336 g/mol. The number of hydrogen-bond donors (Lipinski definition) is 0. The number of nitro groups is 1. The molecule has 1 aromatic heterocycles. The minimum Gasteiger partial charge on any atom is -0.359 e. The van der Waals surface area contributed by atoms with Gasteiger partial charge in [0, 0.05) is 31.1 Å². The van der Waals surface area contributed by atoms with E-state index in [0.717, 1.165) is 30.4 Å². The monoisotopic (exact) mass is 335 g/mol. The Morgan fingerprint density at radius 3 is 2.70 bits per heavy atom. The number of hydrogen-bond acceptors (Lipinski definition) is 5. The maximum atomic E-state index is 10.8. The van der Waals surface area contributed by atoms with E-state index in [-0.39, 0.29) is 11.7 Å². The SMILES string of the molecule is CC(C)c1nnc2n1CCN(c1ccc([N+](=O)[O-])cc1Cl)C2C. The van der Waals surface area contributed by atoms with Gasteiger partial charge in [-0.05, 0) is 13.0 Å². The summed E-state index contributed by atoms with van der Waals surface area (Å²) in [5.74, 6) is 2.20. The first-order valence-electron chi connectivity index (χ1n) is 7.53. The molecule has 0 amide bonds. The number of non-ortho nitro benzene ring substituents is 1. The summed E-state index contributed by atoms with van der Waals surface area (Å²) in [6.07, 6.45) is 0. The van der Waals surface area contributed by atoms with Gasteiger partial charge in [0.2, 0.25) is 0 Å². The Hall–Kier alpha value is -2.15. The highest BCUT2D eigenvalue weighted by atomic mass is 35.5. The summed E-state index contributed by atoms with van der Waals surface area (Å²) in [5, 5.41) is 19.9. The van der Waals surface area contributed by atoms with Crippen molar-refractivity contribution in [3.63, 3.8) is 0 Å². The smallest absolute Gasteiger partial charge is 0.271 e. The van der Waals surface area contributed by atoms with Crippen LogP contribution in [-0.4, -0.2) is 26.2 Å². The van der Waals surface area contributed by atoms with Crippen LogP contribution >= 0.6 is 11.6 Å². The first-order valence-corrected chi connectivity index (χ1v) is 7.91. The summed E-state index contributed by atoms with van der Waals surface area (Å²) >= 11 is 6.27. The fourth-order valence-electron chi connectivity index (χ4n) is 3.01. The van der Waals surface area contributed by atoms with E-state index in [1.54, 1.807) is 6.07 Å². The molecule has 23 heavy (non-hydrogen) atoms. The van der Waals surface area contributed by atoms with Gasteiger partial charge in [-0.1, -0.05) is 25.4 Å². The summed E-state index contributed by atoms with van der Waals surface area (Å²) in [6.45, 7) is 7.77. The number of nitro benzene ring substituents is 1. The third-order valence-electron chi connectivity index (χ3n) is 4.18. The molecule has 0 bridgehead atoms. The minimum absolute atomic E-state index is 0.00251. The van der Waals surface area contributed by atoms with Gasteiger partial charge in [0.15, 0.2) is 5.82 Å². The Balaban J connectivity index is 1.95. The van der Waals surface area contributed by atoms with Gasteiger partial charge in [-0.2, -0.15) is 0 Å². The molecule has 0 aliphatic carbocycles. The first-order chi connectivity index (χ1) is 10.9. The standard InChI is InChI=1S/C15H18ClN5O2/c1-9(2)14-17-18-15-10(3)19(6-7-20(14)15)13-5-4-11(21(22)23)8-12(13)16/h4-5,8-10H,6-7H2,1-3H3. The summed E-state index contributed by atoms with van der Waals surface area (Å²) in [7, 11) is 0. The average Bonchev–Trinajstić information content (AvgIpc) is 2.93. The van der Waals surface area contributed by atoms with Crippen LogP contribution in [0.3, 0.4) is 0 Å². The molecule has 0 N–H and O–H groups in total. The van der Waals surface area contributed by atoms with E-state index >= 15 is 0 Å². The maximum absolute atomic E-state index is 10.8. The molecule has 1 aliphatic heterocycles. The van der Waals surface area contributed by atoms with Crippen LogP contribution in [0.4, 0.5) is 11.4 Å². The van der Waals surface area contributed by atoms with Crippen molar-refractivity contribution in [2.24, 2.45) is 0 Å². The van der Waals surface area contributed by atoms with Crippen molar-refractivity contribution in [1.82, 2.24) is 14.8 Å². The second kappa shape index (κ2) is 5.81. The van der Waals surface area contributed by atoms with Crippen LogP contribution in [0.2, 0.25) is 5.02 Å². The third kappa shape index (κ3) is 2.65. The predicted molar refractivity (Wildman–Crippen MR) is 88.0 cm³/mol. The molecular formula is C15H18ClN5O2. The molecule has 1 unspecified atom stereocenters. The molecule has 8 heteroatoms. The van der Waals surface area contributed by atoms with Gasteiger partial charge in [0.1, 0.15) is 5.82 Å². The van der Waals surface area contributed by atoms with Crippen LogP contribution < -0.4 is 4.90 Å². The Kier molecular flexibility index (Phi) is 3.97. The van der Waals surface area contributed by atoms with Crippen molar-refractivity contribution in [1.29, 1.82) is 0 Å². The zero-order valence-electron chi connectivity index (χ0n) is 13.2. The molecular weight excluding hydrogens is 318 g/mol. The Bertz CT molecular complexity index is 758. The molecule has 0 radical (unpaired) electrons. The minimum atomic E-state index is -0.444. The number of rotatable bonds is 3. The van der Waals surface area contributed by atoms with E-state index < -0.39 is 4.92 Å². The Morgan fingerprint density at radius 1 is 1.35 bits per heavy atom. The fourth-order valence-corrected chi connectivity index (χ4v) is 3.29. The number of anilines is 1. The van der Waals surface area contributed by atoms with Crippen molar-refractivity contribution in [3.05, 3.63) is 45.0 Å². The highest BCUT2D eigenvalue weighted by Gasteiger charge is 2.30. The van der Waals surface area contributed by atoms with Gasteiger partial charge in [-0.3, -0.25) is 10.1 Å². The van der Waals surface area contributed by atoms with Gasteiger partial charge < -0.3 is 9.47 Å². The number of aromatic nitrogens is 3. The molecule has 2 aromatic rings. The maximum Gasteiger partial charge on any atom is 0.271 e. The molecule has 0 saturated heterocycles. The first kappa shape index (κ1) is 15.7. The van der Waals surface area contributed by atoms with E-state index in [0.29, 0.717) is 10.9 Å². The molecule has 1 aromatic carbocycles. The summed E-state index contributed by atoms with van der Waals surface area (Å²) in [5.41, 5.74) is 0.777. The highest BCUT2D eigenvalue weighted by Crippen LogP contribution is 2.36. The summed E-state index contributed by atoms with van der Waals surface area (Å²) in [6, 6.07) is 4.57. The highest BCUT2D eigenvalue weighted by molar-refractivity contribution is 6.33. The van der Waals surface area contributed by atoms with E-state index in [9.17, 15) is 10.1 Å². The topological polar surface area (TPSA) is 77.1 Å². The second-order valence-electron chi connectivity index (χ2n) is 5.98. The fraction of sp³-hybridized carbons (Fsp3) is 0.467. The molecule has 2 heterocycles. The van der Waals surface area contributed by atoms with Crippen LogP contribution in [0.1, 0.15) is 44.4 Å². The lowest BCUT2D eigenvalue weighted by Gasteiger charge is -2.36. The summed E-state index contributed by atoms with van der Waals surface area (Å²) < 4.78 is 2.16. The molecule has 1 atom stereocenters.